The van der Waals surface area contributed by atoms with Crippen LogP contribution in [0.5, 0.6) is 0 Å². The molecule has 6 heteroatoms. The number of benzene rings is 3. The Labute approximate surface area is 210 Å². The molecule has 1 N–H and O–H groups in total. The van der Waals surface area contributed by atoms with Crippen molar-refractivity contribution >= 4 is 40.7 Å². The molecule has 4 rings (SSSR count). The summed E-state index contributed by atoms with van der Waals surface area (Å²) >= 11 is 18.6. The minimum atomic E-state index is -0.0187. The standard InChI is InChI=1S/C27H27Cl3N2O/c28-22-15-21(16-23(29)17-22)27(33)32-13-11-24(18-25(32)14-19-6-2-1-3-7-19)31-12-10-20-8-4-5-9-26(20)30/h1-9,15-17,24-25,31H,10-14,18H2/t24-,25-/m0/s1. The van der Waals surface area contributed by atoms with Gasteiger partial charge >= 0.3 is 0 Å². The Kier molecular flexibility index (Phi) is 8.32. The third-order valence-electron chi connectivity index (χ3n) is 6.19. The summed E-state index contributed by atoms with van der Waals surface area (Å²) in [5, 5.41) is 5.45. The van der Waals surface area contributed by atoms with Crippen LogP contribution in [0.15, 0.2) is 72.8 Å². The Balaban J connectivity index is 1.45. The van der Waals surface area contributed by atoms with Crippen molar-refractivity contribution in [3.63, 3.8) is 0 Å². The van der Waals surface area contributed by atoms with Gasteiger partial charge in [-0.2, -0.15) is 0 Å². The van der Waals surface area contributed by atoms with Crippen molar-refractivity contribution in [3.05, 3.63) is 105 Å². The van der Waals surface area contributed by atoms with Gasteiger partial charge in [0.2, 0.25) is 0 Å². The number of carbonyl (C=O) groups excluding carboxylic acids is 1. The molecule has 1 aliphatic heterocycles. The van der Waals surface area contributed by atoms with Crippen LogP contribution in [0.2, 0.25) is 15.1 Å². The highest BCUT2D eigenvalue weighted by molar-refractivity contribution is 6.35. The van der Waals surface area contributed by atoms with Gasteiger partial charge in [-0.15, -0.1) is 0 Å². The monoisotopic (exact) mass is 500 g/mol. The first-order chi connectivity index (χ1) is 16.0. The van der Waals surface area contributed by atoms with Crippen molar-refractivity contribution in [1.82, 2.24) is 10.2 Å². The molecular formula is C27H27Cl3N2O. The van der Waals surface area contributed by atoms with Crippen molar-refractivity contribution in [2.24, 2.45) is 0 Å². The highest BCUT2D eigenvalue weighted by Crippen LogP contribution is 2.26. The molecule has 1 amide bonds. The zero-order valence-electron chi connectivity index (χ0n) is 18.3. The third-order valence-corrected chi connectivity index (χ3v) is 6.99. The van der Waals surface area contributed by atoms with Crippen LogP contribution in [-0.2, 0) is 12.8 Å². The average molecular weight is 502 g/mol. The molecule has 1 fully saturated rings. The number of nitrogens with zero attached hydrogens (tertiary/aromatic N) is 1. The van der Waals surface area contributed by atoms with E-state index < -0.39 is 0 Å². The van der Waals surface area contributed by atoms with Gasteiger partial charge in [-0.3, -0.25) is 4.79 Å². The zero-order valence-corrected chi connectivity index (χ0v) is 20.6. The van der Waals surface area contributed by atoms with E-state index in [9.17, 15) is 4.79 Å². The molecule has 0 unspecified atom stereocenters. The summed E-state index contributed by atoms with van der Waals surface area (Å²) in [5.41, 5.74) is 2.91. The van der Waals surface area contributed by atoms with E-state index in [0.29, 0.717) is 28.2 Å². The maximum absolute atomic E-state index is 13.4. The largest absolute Gasteiger partial charge is 0.335 e. The summed E-state index contributed by atoms with van der Waals surface area (Å²) in [6.45, 7) is 1.54. The molecule has 0 bridgehead atoms. The average Bonchev–Trinajstić information content (AvgIpc) is 2.80. The maximum atomic E-state index is 13.4. The second-order valence-corrected chi connectivity index (χ2v) is 9.80. The molecule has 3 aromatic carbocycles. The summed E-state index contributed by atoms with van der Waals surface area (Å²) in [5.74, 6) is -0.0187. The summed E-state index contributed by atoms with van der Waals surface area (Å²) in [6, 6.07) is 23.8. The highest BCUT2D eigenvalue weighted by atomic mass is 35.5. The van der Waals surface area contributed by atoms with Crippen LogP contribution in [-0.4, -0.2) is 36.0 Å². The van der Waals surface area contributed by atoms with Crippen LogP contribution in [0.4, 0.5) is 0 Å². The Hall–Kier alpha value is -2.04. The predicted octanol–water partition coefficient (Wildman–Crippen LogP) is 6.70. The Morgan fingerprint density at radius 2 is 1.64 bits per heavy atom. The maximum Gasteiger partial charge on any atom is 0.254 e. The van der Waals surface area contributed by atoms with Gasteiger partial charge in [0.15, 0.2) is 0 Å². The molecule has 1 heterocycles. The van der Waals surface area contributed by atoms with E-state index in [1.165, 1.54) is 5.56 Å². The van der Waals surface area contributed by atoms with E-state index in [1.807, 2.05) is 41.3 Å². The van der Waals surface area contributed by atoms with Gasteiger partial charge in [0, 0.05) is 39.3 Å². The van der Waals surface area contributed by atoms with Crippen molar-refractivity contribution in [1.29, 1.82) is 0 Å². The van der Waals surface area contributed by atoms with Crippen molar-refractivity contribution < 1.29 is 4.79 Å². The SMILES string of the molecule is O=C(c1cc(Cl)cc(Cl)c1)N1CC[C@H](NCCc2ccccc2Cl)C[C@@H]1Cc1ccccc1. The quantitative estimate of drug-likeness (QED) is 0.391. The lowest BCUT2D eigenvalue weighted by atomic mass is 9.91. The van der Waals surface area contributed by atoms with Crippen molar-refractivity contribution in [2.75, 3.05) is 13.1 Å². The topological polar surface area (TPSA) is 32.3 Å². The summed E-state index contributed by atoms with van der Waals surface area (Å²) in [7, 11) is 0. The minimum absolute atomic E-state index is 0.0187. The van der Waals surface area contributed by atoms with Gasteiger partial charge in [0.1, 0.15) is 0 Å². The van der Waals surface area contributed by atoms with Gasteiger partial charge in [0.25, 0.3) is 5.91 Å². The van der Waals surface area contributed by atoms with E-state index >= 15 is 0 Å². The minimum Gasteiger partial charge on any atom is -0.335 e. The molecule has 0 saturated carbocycles. The third kappa shape index (κ3) is 6.51. The number of hydrogen-bond donors (Lipinski definition) is 1. The first kappa shape index (κ1) is 24.1. The zero-order chi connectivity index (χ0) is 23.2. The van der Waals surface area contributed by atoms with Crippen LogP contribution in [0.1, 0.15) is 34.3 Å². The fourth-order valence-corrected chi connectivity index (χ4v) is 5.29. The number of piperidine rings is 1. The second-order valence-electron chi connectivity index (χ2n) is 8.52. The molecule has 3 aromatic rings. The van der Waals surface area contributed by atoms with Crippen LogP contribution < -0.4 is 5.32 Å². The molecule has 3 nitrogen and oxygen atoms in total. The van der Waals surface area contributed by atoms with E-state index in [0.717, 1.165) is 42.8 Å². The van der Waals surface area contributed by atoms with Gasteiger partial charge in [-0.1, -0.05) is 83.3 Å². The molecule has 1 saturated heterocycles. The molecule has 172 valence electrons. The normalized spacial score (nSPS) is 18.3. The van der Waals surface area contributed by atoms with Gasteiger partial charge in [0.05, 0.1) is 0 Å². The number of rotatable bonds is 7. The number of likely N-dealkylation sites (tertiary alicyclic amines) is 1. The molecule has 2 atom stereocenters. The lowest BCUT2D eigenvalue weighted by Gasteiger charge is -2.40. The smallest absolute Gasteiger partial charge is 0.254 e. The van der Waals surface area contributed by atoms with E-state index in [2.05, 4.69) is 23.5 Å². The van der Waals surface area contributed by atoms with Crippen LogP contribution in [0, 0.1) is 0 Å². The molecular weight excluding hydrogens is 475 g/mol. The first-order valence-electron chi connectivity index (χ1n) is 11.3. The molecule has 1 aliphatic rings. The summed E-state index contributed by atoms with van der Waals surface area (Å²) in [6.07, 6.45) is 3.47. The van der Waals surface area contributed by atoms with Crippen LogP contribution in [0.3, 0.4) is 0 Å². The lowest BCUT2D eigenvalue weighted by molar-refractivity contribution is 0.0578. The molecule has 0 radical (unpaired) electrons. The number of carbonyl (C=O) groups is 1. The van der Waals surface area contributed by atoms with Crippen LogP contribution >= 0.6 is 34.8 Å². The molecule has 0 spiro atoms. The lowest BCUT2D eigenvalue weighted by Crippen LogP contribution is -2.52. The summed E-state index contributed by atoms with van der Waals surface area (Å²) < 4.78 is 0. The highest BCUT2D eigenvalue weighted by Gasteiger charge is 2.32. The fourth-order valence-electron chi connectivity index (χ4n) is 4.54. The fraction of sp³-hybridized carbons (Fsp3) is 0.296. The molecule has 0 aromatic heterocycles. The van der Waals surface area contributed by atoms with Gasteiger partial charge < -0.3 is 10.2 Å². The number of nitrogens with one attached hydrogen (secondary N) is 1. The van der Waals surface area contributed by atoms with E-state index in [4.69, 9.17) is 34.8 Å². The second kappa shape index (κ2) is 11.4. The molecule has 33 heavy (non-hydrogen) atoms. The van der Waals surface area contributed by atoms with Crippen LogP contribution in [0.25, 0.3) is 0 Å². The Morgan fingerprint density at radius 3 is 2.36 bits per heavy atom. The Bertz CT molecular complexity index is 1070. The van der Waals surface area contributed by atoms with Crippen molar-refractivity contribution in [2.45, 2.75) is 37.8 Å². The van der Waals surface area contributed by atoms with Crippen molar-refractivity contribution in [3.8, 4) is 0 Å². The number of hydrogen-bond acceptors (Lipinski definition) is 2. The van der Waals surface area contributed by atoms with E-state index in [-0.39, 0.29) is 11.9 Å². The number of halogens is 3. The van der Waals surface area contributed by atoms with E-state index in [1.54, 1.807) is 18.2 Å². The Morgan fingerprint density at radius 1 is 0.939 bits per heavy atom. The predicted molar refractivity (Wildman–Crippen MR) is 138 cm³/mol. The molecule has 0 aliphatic carbocycles. The van der Waals surface area contributed by atoms with Gasteiger partial charge in [-0.25, -0.2) is 0 Å². The first-order valence-corrected chi connectivity index (χ1v) is 12.4. The summed E-state index contributed by atoms with van der Waals surface area (Å²) in [4.78, 5) is 15.4. The van der Waals surface area contributed by atoms with Gasteiger partial charge in [-0.05, 0) is 67.6 Å². The number of amides is 1.